The molecule has 1 N–H and O–H groups in total. The van der Waals surface area contributed by atoms with Crippen LogP contribution in [0, 0.1) is 0 Å². The zero-order valence-corrected chi connectivity index (χ0v) is 13.3. The summed E-state index contributed by atoms with van der Waals surface area (Å²) in [7, 11) is 0. The number of ether oxygens (including phenoxy) is 1. The van der Waals surface area contributed by atoms with E-state index in [0.29, 0.717) is 11.3 Å². The molecule has 2 aliphatic rings. The van der Waals surface area contributed by atoms with E-state index >= 15 is 0 Å². The number of aromatic hydroxyl groups is 1. The fourth-order valence-corrected chi connectivity index (χ4v) is 3.58. The number of ketones is 1. The molecule has 0 amide bonds. The van der Waals surface area contributed by atoms with Crippen LogP contribution >= 0.6 is 0 Å². The van der Waals surface area contributed by atoms with Gasteiger partial charge in [0.1, 0.15) is 11.5 Å². The van der Waals surface area contributed by atoms with Crippen LogP contribution in [0.25, 0.3) is 17.2 Å². The summed E-state index contributed by atoms with van der Waals surface area (Å²) in [6.45, 7) is 0. The van der Waals surface area contributed by atoms with Crippen molar-refractivity contribution in [3.05, 3.63) is 88.7 Å². The highest BCUT2D eigenvalue weighted by Gasteiger charge is 2.27. The quantitative estimate of drug-likeness (QED) is 0.521. The third-order valence-electron chi connectivity index (χ3n) is 4.77. The Bertz CT molecular complexity index is 1080. The van der Waals surface area contributed by atoms with E-state index in [0.717, 1.165) is 12.0 Å². The molecule has 3 aromatic carbocycles. The summed E-state index contributed by atoms with van der Waals surface area (Å²) in [5.74, 6) is 0.628. The Morgan fingerprint density at radius 2 is 1.68 bits per heavy atom. The highest BCUT2D eigenvalue weighted by molar-refractivity contribution is 6.14. The second-order valence-corrected chi connectivity index (χ2v) is 6.37. The van der Waals surface area contributed by atoms with Crippen molar-refractivity contribution in [1.82, 2.24) is 0 Å². The molecule has 3 nitrogen and oxygen atoms in total. The Morgan fingerprint density at radius 3 is 2.60 bits per heavy atom. The van der Waals surface area contributed by atoms with Crippen molar-refractivity contribution in [3.8, 4) is 22.6 Å². The maximum absolute atomic E-state index is 12.4. The molecule has 0 bridgehead atoms. The van der Waals surface area contributed by atoms with E-state index in [4.69, 9.17) is 4.74 Å². The molecule has 0 atom stereocenters. The number of phenols is 1. The summed E-state index contributed by atoms with van der Waals surface area (Å²) in [4.78, 5) is 12.4. The third-order valence-corrected chi connectivity index (χ3v) is 4.77. The number of carbonyl (C=O) groups is 1. The van der Waals surface area contributed by atoms with E-state index in [1.807, 2.05) is 6.07 Å². The van der Waals surface area contributed by atoms with Gasteiger partial charge in [0.15, 0.2) is 5.76 Å². The molecule has 1 aliphatic heterocycles. The molecule has 1 heterocycles. The largest absolute Gasteiger partial charge is 0.508 e. The minimum absolute atomic E-state index is 0.0862. The lowest BCUT2D eigenvalue weighted by molar-refractivity contribution is 0.101. The van der Waals surface area contributed by atoms with Gasteiger partial charge in [0.2, 0.25) is 5.78 Å². The third kappa shape index (κ3) is 2.17. The number of allylic oxidation sites excluding steroid dienone is 1. The Morgan fingerprint density at radius 1 is 0.880 bits per heavy atom. The molecule has 0 radical (unpaired) electrons. The van der Waals surface area contributed by atoms with Gasteiger partial charge in [0.25, 0.3) is 0 Å². The highest BCUT2D eigenvalue weighted by Crippen LogP contribution is 2.38. The first-order chi connectivity index (χ1) is 12.2. The van der Waals surface area contributed by atoms with Crippen LogP contribution in [0.4, 0.5) is 0 Å². The summed E-state index contributed by atoms with van der Waals surface area (Å²) >= 11 is 0. The van der Waals surface area contributed by atoms with E-state index in [2.05, 4.69) is 36.4 Å². The van der Waals surface area contributed by atoms with Crippen molar-refractivity contribution in [2.75, 3.05) is 0 Å². The van der Waals surface area contributed by atoms with Crippen LogP contribution in [0.15, 0.2) is 66.4 Å². The number of hydrogen-bond donors (Lipinski definition) is 1. The van der Waals surface area contributed by atoms with E-state index in [-0.39, 0.29) is 17.3 Å². The Labute approximate surface area is 144 Å². The van der Waals surface area contributed by atoms with Crippen LogP contribution in [0.2, 0.25) is 0 Å². The summed E-state index contributed by atoms with van der Waals surface area (Å²) in [5.41, 5.74) is 6.55. The van der Waals surface area contributed by atoms with Crippen LogP contribution in [0.5, 0.6) is 11.5 Å². The molecular weight excluding hydrogens is 312 g/mol. The maximum atomic E-state index is 12.4. The Balaban J connectivity index is 1.51. The molecule has 3 aromatic rings. The summed E-state index contributed by atoms with van der Waals surface area (Å²) < 4.78 is 5.64. The first-order valence-electron chi connectivity index (χ1n) is 8.17. The van der Waals surface area contributed by atoms with Crippen LogP contribution < -0.4 is 4.74 Å². The Hall–Kier alpha value is -3.33. The van der Waals surface area contributed by atoms with Gasteiger partial charge in [-0.25, -0.2) is 0 Å². The zero-order valence-electron chi connectivity index (χ0n) is 13.3. The number of fused-ring (bicyclic) bond motifs is 4. The lowest BCUT2D eigenvalue weighted by Crippen LogP contribution is -1.98. The van der Waals surface area contributed by atoms with Crippen LogP contribution in [0.3, 0.4) is 0 Å². The van der Waals surface area contributed by atoms with Gasteiger partial charge in [-0.15, -0.1) is 0 Å². The van der Waals surface area contributed by atoms with E-state index in [1.165, 1.54) is 34.4 Å². The Kier molecular flexibility index (Phi) is 2.86. The first-order valence-corrected chi connectivity index (χ1v) is 8.17. The van der Waals surface area contributed by atoms with Gasteiger partial charge in [0, 0.05) is 6.07 Å². The summed E-state index contributed by atoms with van der Waals surface area (Å²) in [6, 6.07) is 19.2. The van der Waals surface area contributed by atoms with Crippen molar-refractivity contribution >= 4 is 11.9 Å². The topological polar surface area (TPSA) is 46.5 Å². The number of hydrogen-bond acceptors (Lipinski definition) is 3. The van der Waals surface area contributed by atoms with E-state index in [1.54, 1.807) is 12.1 Å². The number of benzene rings is 3. The van der Waals surface area contributed by atoms with Gasteiger partial charge in [-0.2, -0.15) is 0 Å². The second kappa shape index (κ2) is 5.08. The van der Waals surface area contributed by atoms with Crippen molar-refractivity contribution in [2.24, 2.45) is 0 Å². The van der Waals surface area contributed by atoms with Crippen LogP contribution in [0.1, 0.15) is 27.0 Å². The second-order valence-electron chi connectivity index (χ2n) is 6.37. The molecule has 0 saturated heterocycles. The standard InChI is InChI=1S/C22H14O3/c23-16-6-8-19-20(12-16)25-21(22(19)24)10-13-5-7-18-15(9-13)11-14-3-1-2-4-17(14)18/h1-10,12,23H,11H2/b21-10-. The molecule has 5 rings (SSSR count). The molecule has 3 heteroatoms. The first kappa shape index (κ1) is 14.1. The monoisotopic (exact) mass is 326 g/mol. The number of phenolic OH excluding ortho intramolecular Hbond substituents is 1. The van der Waals surface area contributed by atoms with Crippen molar-refractivity contribution in [1.29, 1.82) is 0 Å². The van der Waals surface area contributed by atoms with Crippen molar-refractivity contribution in [3.63, 3.8) is 0 Å². The van der Waals surface area contributed by atoms with Gasteiger partial charge in [-0.3, -0.25) is 4.79 Å². The lowest BCUT2D eigenvalue weighted by Gasteiger charge is -2.03. The molecule has 0 saturated carbocycles. The predicted molar refractivity (Wildman–Crippen MR) is 95.7 cm³/mol. The lowest BCUT2D eigenvalue weighted by atomic mass is 10.0. The molecular formula is C22H14O3. The van der Waals surface area contributed by atoms with Crippen molar-refractivity contribution < 1.29 is 14.6 Å². The number of Topliss-reactive ketones (excluding diaryl/α,β-unsaturated/α-hetero) is 1. The van der Waals surface area contributed by atoms with Gasteiger partial charge in [-0.1, -0.05) is 42.5 Å². The number of rotatable bonds is 1. The number of carbonyl (C=O) groups excluding carboxylic acids is 1. The molecule has 0 fully saturated rings. The highest BCUT2D eigenvalue weighted by atomic mass is 16.5. The minimum atomic E-state index is -0.154. The normalized spacial score (nSPS) is 15.7. The predicted octanol–water partition coefficient (Wildman–Crippen LogP) is 4.58. The van der Waals surface area contributed by atoms with Gasteiger partial charge >= 0.3 is 0 Å². The molecule has 1 aliphatic carbocycles. The molecule has 0 unspecified atom stereocenters. The molecule has 0 aromatic heterocycles. The molecule has 120 valence electrons. The summed E-state index contributed by atoms with van der Waals surface area (Å²) in [6.07, 6.45) is 2.67. The average molecular weight is 326 g/mol. The van der Waals surface area contributed by atoms with Crippen LogP contribution in [-0.4, -0.2) is 10.9 Å². The van der Waals surface area contributed by atoms with E-state index in [9.17, 15) is 9.90 Å². The fourth-order valence-electron chi connectivity index (χ4n) is 3.58. The maximum Gasteiger partial charge on any atom is 0.231 e. The SMILES string of the molecule is O=C1/C(=C/c2ccc3c(c2)Cc2ccccc2-3)Oc2cc(O)ccc21. The van der Waals surface area contributed by atoms with Gasteiger partial charge < -0.3 is 9.84 Å². The molecule has 25 heavy (non-hydrogen) atoms. The van der Waals surface area contributed by atoms with Crippen molar-refractivity contribution in [2.45, 2.75) is 6.42 Å². The summed E-state index contributed by atoms with van der Waals surface area (Å²) in [5, 5.41) is 9.54. The smallest absolute Gasteiger partial charge is 0.231 e. The average Bonchev–Trinajstić information content (AvgIpc) is 3.12. The molecule has 0 spiro atoms. The zero-order chi connectivity index (χ0) is 17.0. The van der Waals surface area contributed by atoms with E-state index < -0.39 is 0 Å². The van der Waals surface area contributed by atoms with Gasteiger partial charge in [0.05, 0.1) is 5.56 Å². The van der Waals surface area contributed by atoms with Crippen LogP contribution in [-0.2, 0) is 6.42 Å². The fraction of sp³-hybridized carbons (Fsp3) is 0.0455. The van der Waals surface area contributed by atoms with Gasteiger partial charge in [-0.05, 0) is 52.4 Å². The minimum Gasteiger partial charge on any atom is -0.508 e.